The van der Waals surface area contributed by atoms with E-state index in [1.807, 2.05) is 42.3 Å². The van der Waals surface area contributed by atoms with E-state index >= 15 is 0 Å². The molecule has 4 nitrogen and oxygen atoms in total. The highest BCUT2D eigenvalue weighted by Crippen LogP contribution is 2.12. The van der Waals surface area contributed by atoms with Gasteiger partial charge in [0, 0.05) is 13.1 Å². The van der Waals surface area contributed by atoms with Gasteiger partial charge in [-0.15, -0.1) is 0 Å². The molecule has 94 valence electrons. The van der Waals surface area contributed by atoms with Crippen LogP contribution in [0, 0.1) is 0 Å². The van der Waals surface area contributed by atoms with Crippen LogP contribution in [0.3, 0.4) is 0 Å². The summed E-state index contributed by atoms with van der Waals surface area (Å²) in [6.07, 6.45) is -0.187. The summed E-state index contributed by atoms with van der Waals surface area (Å²) >= 11 is 0. The summed E-state index contributed by atoms with van der Waals surface area (Å²) < 4.78 is 4.56. The first-order valence-electron chi connectivity index (χ1n) is 5.62. The molecule has 1 unspecified atom stereocenters. The van der Waals surface area contributed by atoms with Gasteiger partial charge in [-0.05, 0) is 12.6 Å². The molecule has 0 aromatic heterocycles. The van der Waals surface area contributed by atoms with Crippen LogP contribution in [-0.2, 0) is 9.53 Å². The van der Waals surface area contributed by atoms with Crippen molar-refractivity contribution >= 4 is 5.97 Å². The van der Waals surface area contributed by atoms with Gasteiger partial charge < -0.3 is 14.7 Å². The minimum absolute atomic E-state index is 0.231. The number of carbonyl (C=O) groups is 1. The number of hydrogen-bond donors (Lipinski definition) is 1. The smallest absolute Gasteiger partial charge is 0.306 e. The third-order valence-electron chi connectivity index (χ3n) is 2.59. The summed E-state index contributed by atoms with van der Waals surface area (Å²) in [7, 11) is 3.25. The monoisotopic (exact) mass is 237 g/mol. The van der Waals surface area contributed by atoms with Crippen molar-refractivity contribution in [1.29, 1.82) is 0 Å². The summed E-state index contributed by atoms with van der Waals surface area (Å²) in [5.74, 6) is -0.231. The number of hydrogen-bond acceptors (Lipinski definition) is 4. The van der Waals surface area contributed by atoms with E-state index in [-0.39, 0.29) is 5.97 Å². The van der Waals surface area contributed by atoms with E-state index in [9.17, 15) is 9.90 Å². The first-order chi connectivity index (χ1) is 8.13. The number of methoxy groups -OCH3 is 1. The number of aliphatic hydroxyl groups excluding tert-OH is 1. The van der Waals surface area contributed by atoms with E-state index in [2.05, 4.69) is 4.74 Å². The molecule has 0 aliphatic rings. The number of aliphatic hydroxyl groups is 1. The van der Waals surface area contributed by atoms with E-state index in [4.69, 9.17) is 0 Å². The van der Waals surface area contributed by atoms with Gasteiger partial charge >= 0.3 is 5.97 Å². The summed E-state index contributed by atoms with van der Waals surface area (Å²) in [5, 5.41) is 9.96. The highest BCUT2D eigenvalue weighted by atomic mass is 16.5. The molecule has 1 atom stereocenters. The predicted octanol–water partition coefficient (Wildman–Crippen LogP) is 1.21. The van der Waals surface area contributed by atoms with E-state index in [1.165, 1.54) is 7.11 Å². The lowest BCUT2D eigenvalue weighted by Gasteiger charge is -2.20. The van der Waals surface area contributed by atoms with Crippen molar-refractivity contribution in [3.05, 3.63) is 35.9 Å². The summed E-state index contributed by atoms with van der Waals surface area (Å²) in [5.41, 5.74) is 0.886. The maximum Gasteiger partial charge on any atom is 0.306 e. The lowest BCUT2D eigenvalue weighted by Crippen LogP contribution is -2.27. The Balaban J connectivity index is 2.36. The molecule has 1 aromatic rings. The number of esters is 1. The van der Waals surface area contributed by atoms with Crippen LogP contribution in [0.1, 0.15) is 18.1 Å². The number of ether oxygens (including phenoxy) is 1. The molecule has 4 heteroatoms. The molecule has 0 amide bonds. The summed E-state index contributed by atoms with van der Waals surface area (Å²) in [6.45, 7) is 1.08. The SMILES string of the molecule is COC(=O)CCN(C)CC(O)c1ccccc1. The van der Waals surface area contributed by atoms with Gasteiger partial charge in [0.25, 0.3) is 0 Å². The zero-order chi connectivity index (χ0) is 12.7. The van der Waals surface area contributed by atoms with Crippen LogP contribution in [-0.4, -0.2) is 43.2 Å². The van der Waals surface area contributed by atoms with Crippen LogP contribution < -0.4 is 0 Å². The van der Waals surface area contributed by atoms with Crippen LogP contribution in [0.4, 0.5) is 0 Å². The van der Waals surface area contributed by atoms with Crippen molar-refractivity contribution in [2.75, 3.05) is 27.2 Å². The molecule has 0 spiro atoms. The Kier molecular flexibility index (Phi) is 5.66. The second-order valence-electron chi connectivity index (χ2n) is 4.01. The normalized spacial score (nSPS) is 12.5. The Bertz CT molecular complexity index is 340. The maximum atomic E-state index is 11.0. The Labute approximate surface area is 102 Å². The van der Waals surface area contributed by atoms with Gasteiger partial charge in [0.2, 0.25) is 0 Å². The third kappa shape index (κ3) is 4.97. The fourth-order valence-electron chi connectivity index (χ4n) is 1.55. The van der Waals surface area contributed by atoms with Crippen molar-refractivity contribution in [2.24, 2.45) is 0 Å². The minimum Gasteiger partial charge on any atom is -0.469 e. The number of rotatable bonds is 6. The van der Waals surface area contributed by atoms with Crippen LogP contribution in [0.2, 0.25) is 0 Å². The molecule has 1 N–H and O–H groups in total. The first kappa shape index (κ1) is 13.7. The molecule has 1 rings (SSSR count). The fourth-order valence-corrected chi connectivity index (χ4v) is 1.55. The van der Waals surface area contributed by atoms with Crippen LogP contribution in [0.25, 0.3) is 0 Å². The lowest BCUT2D eigenvalue weighted by molar-refractivity contribution is -0.141. The summed E-state index contributed by atoms with van der Waals surface area (Å²) in [4.78, 5) is 12.9. The lowest BCUT2D eigenvalue weighted by atomic mass is 10.1. The topological polar surface area (TPSA) is 49.8 Å². The molecule has 17 heavy (non-hydrogen) atoms. The molecule has 0 fully saturated rings. The molecular formula is C13H19NO3. The van der Waals surface area contributed by atoms with Crippen molar-refractivity contribution in [3.8, 4) is 0 Å². The van der Waals surface area contributed by atoms with Gasteiger partial charge in [-0.25, -0.2) is 0 Å². The molecule has 0 bridgehead atoms. The molecule has 0 saturated carbocycles. The van der Waals surface area contributed by atoms with Gasteiger partial charge in [0.05, 0.1) is 19.6 Å². The first-order valence-corrected chi connectivity index (χ1v) is 5.62. The maximum absolute atomic E-state index is 11.0. The number of benzene rings is 1. The molecule has 0 aliphatic heterocycles. The van der Waals surface area contributed by atoms with Crippen molar-refractivity contribution in [3.63, 3.8) is 0 Å². The summed E-state index contributed by atoms with van der Waals surface area (Å²) in [6, 6.07) is 9.48. The Morgan fingerprint density at radius 2 is 2.06 bits per heavy atom. The minimum atomic E-state index is -0.529. The molecule has 0 radical (unpaired) electrons. The standard InChI is InChI=1S/C13H19NO3/c1-14(9-8-13(16)17-2)10-12(15)11-6-4-3-5-7-11/h3-7,12,15H,8-10H2,1-2H3. The Hall–Kier alpha value is -1.39. The molecule has 1 aromatic carbocycles. The van der Waals surface area contributed by atoms with E-state index in [1.54, 1.807) is 0 Å². The zero-order valence-electron chi connectivity index (χ0n) is 10.3. The quantitative estimate of drug-likeness (QED) is 0.756. The Morgan fingerprint density at radius 3 is 2.65 bits per heavy atom. The van der Waals surface area contributed by atoms with Gasteiger partial charge in [0.15, 0.2) is 0 Å². The fraction of sp³-hybridized carbons (Fsp3) is 0.462. The highest BCUT2D eigenvalue weighted by Gasteiger charge is 2.11. The molecule has 0 saturated heterocycles. The van der Waals surface area contributed by atoms with Gasteiger partial charge in [-0.2, -0.15) is 0 Å². The number of nitrogens with zero attached hydrogens (tertiary/aromatic N) is 1. The van der Waals surface area contributed by atoms with E-state index in [0.29, 0.717) is 19.5 Å². The van der Waals surface area contributed by atoms with Crippen molar-refractivity contribution < 1.29 is 14.6 Å². The molecule has 0 heterocycles. The second kappa shape index (κ2) is 7.04. The van der Waals surface area contributed by atoms with Crippen LogP contribution >= 0.6 is 0 Å². The van der Waals surface area contributed by atoms with Gasteiger partial charge in [-0.3, -0.25) is 4.79 Å². The van der Waals surface area contributed by atoms with E-state index in [0.717, 1.165) is 5.56 Å². The number of carbonyl (C=O) groups excluding carboxylic acids is 1. The number of likely N-dealkylation sites (N-methyl/N-ethyl adjacent to an activating group) is 1. The van der Waals surface area contributed by atoms with Crippen LogP contribution in [0.5, 0.6) is 0 Å². The average molecular weight is 237 g/mol. The highest BCUT2D eigenvalue weighted by molar-refractivity contribution is 5.69. The third-order valence-corrected chi connectivity index (χ3v) is 2.59. The second-order valence-corrected chi connectivity index (χ2v) is 4.01. The van der Waals surface area contributed by atoms with Crippen molar-refractivity contribution in [1.82, 2.24) is 4.90 Å². The molecule has 0 aliphatic carbocycles. The predicted molar refractivity (Wildman–Crippen MR) is 65.5 cm³/mol. The zero-order valence-corrected chi connectivity index (χ0v) is 10.3. The van der Waals surface area contributed by atoms with Gasteiger partial charge in [-0.1, -0.05) is 30.3 Å². The van der Waals surface area contributed by atoms with Crippen LogP contribution in [0.15, 0.2) is 30.3 Å². The van der Waals surface area contributed by atoms with E-state index < -0.39 is 6.10 Å². The average Bonchev–Trinajstić information content (AvgIpc) is 2.36. The van der Waals surface area contributed by atoms with Gasteiger partial charge in [0.1, 0.15) is 0 Å². The molecular weight excluding hydrogens is 218 g/mol. The largest absolute Gasteiger partial charge is 0.469 e. The van der Waals surface area contributed by atoms with Crippen molar-refractivity contribution in [2.45, 2.75) is 12.5 Å². The Morgan fingerprint density at radius 1 is 1.41 bits per heavy atom.